The second-order valence-electron chi connectivity index (χ2n) is 4.99. The molecule has 15 heavy (non-hydrogen) atoms. The molecule has 0 N–H and O–H groups in total. The van der Waals surface area contributed by atoms with Gasteiger partial charge >= 0.3 is 0 Å². The summed E-state index contributed by atoms with van der Waals surface area (Å²) in [7, 11) is 0. The second kappa shape index (κ2) is 2.66. The van der Waals surface area contributed by atoms with Crippen LogP contribution in [0.25, 0.3) is 16.6 Å². The predicted molar refractivity (Wildman–Crippen MR) is 62.7 cm³/mol. The van der Waals surface area contributed by atoms with Crippen LogP contribution in [-0.4, -0.2) is 4.57 Å². The fraction of sp³-hybridized carbons (Fsp3) is 0.429. The van der Waals surface area contributed by atoms with Crippen LogP contribution in [0.15, 0.2) is 24.4 Å². The zero-order chi connectivity index (χ0) is 9.83. The number of nitrogens with zero attached hydrogens (tertiary/aromatic N) is 1. The molecule has 0 amide bonds. The number of hydrogen-bond acceptors (Lipinski definition) is 0. The molecule has 1 heteroatoms. The fourth-order valence-corrected chi connectivity index (χ4v) is 3.28. The van der Waals surface area contributed by atoms with E-state index < -0.39 is 0 Å². The first-order valence-corrected chi connectivity index (χ1v) is 6.09. The normalized spacial score (nSPS) is 19.7. The average molecular weight is 197 g/mol. The summed E-state index contributed by atoms with van der Waals surface area (Å²) in [4.78, 5) is 0. The minimum atomic E-state index is 0.837. The quantitative estimate of drug-likeness (QED) is 0.556. The molecular formula is C14H15N. The summed E-state index contributed by atoms with van der Waals surface area (Å²) in [6.07, 6.45) is 9.48. The molecule has 2 aliphatic heterocycles. The summed E-state index contributed by atoms with van der Waals surface area (Å²) in [6.45, 7) is 0. The van der Waals surface area contributed by atoms with Crippen molar-refractivity contribution in [2.45, 2.75) is 38.0 Å². The molecular weight excluding hydrogens is 182 g/mol. The zero-order valence-electron chi connectivity index (χ0n) is 8.87. The Balaban J connectivity index is 1.84. The molecule has 76 valence electrons. The lowest BCUT2D eigenvalue weighted by Gasteiger charge is -2.20. The minimum absolute atomic E-state index is 0.837. The van der Waals surface area contributed by atoms with Gasteiger partial charge < -0.3 is 4.57 Å². The van der Waals surface area contributed by atoms with E-state index >= 15 is 0 Å². The molecule has 5 rings (SSSR count). The topological polar surface area (TPSA) is 4.93 Å². The van der Waals surface area contributed by atoms with E-state index in [9.17, 15) is 0 Å². The Morgan fingerprint density at radius 1 is 1.07 bits per heavy atom. The van der Waals surface area contributed by atoms with Gasteiger partial charge in [-0.1, -0.05) is 25.3 Å². The van der Waals surface area contributed by atoms with Crippen molar-refractivity contribution in [3.63, 3.8) is 0 Å². The van der Waals surface area contributed by atoms with E-state index in [4.69, 9.17) is 0 Å². The van der Waals surface area contributed by atoms with E-state index in [-0.39, 0.29) is 0 Å². The molecule has 1 aromatic carbocycles. The van der Waals surface area contributed by atoms with Gasteiger partial charge in [0.2, 0.25) is 0 Å². The van der Waals surface area contributed by atoms with Gasteiger partial charge in [-0.2, -0.15) is 0 Å². The lowest BCUT2D eigenvalue weighted by molar-refractivity contribution is 0.445. The van der Waals surface area contributed by atoms with Crippen molar-refractivity contribution in [3.05, 3.63) is 30.0 Å². The van der Waals surface area contributed by atoms with Gasteiger partial charge in [0, 0.05) is 17.3 Å². The Bertz CT molecular complexity index is 530. The summed E-state index contributed by atoms with van der Waals surface area (Å²) in [6, 6.07) is 6.87. The second-order valence-corrected chi connectivity index (χ2v) is 4.99. The van der Waals surface area contributed by atoms with Gasteiger partial charge in [-0.25, -0.2) is 0 Å². The van der Waals surface area contributed by atoms with Crippen molar-refractivity contribution in [1.82, 2.24) is 4.57 Å². The molecule has 0 atom stereocenters. The first kappa shape index (κ1) is 7.98. The molecule has 1 fully saturated rings. The molecule has 1 saturated carbocycles. The van der Waals surface area contributed by atoms with Crippen molar-refractivity contribution in [1.29, 1.82) is 0 Å². The molecule has 1 aromatic heterocycles. The lowest BCUT2D eigenvalue weighted by Crippen LogP contribution is -2.03. The van der Waals surface area contributed by atoms with Gasteiger partial charge in [0.05, 0.1) is 5.52 Å². The number of rotatable bonds is 1. The molecule has 0 radical (unpaired) electrons. The maximum atomic E-state index is 2.38. The third-order valence-electron chi connectivity index (χ3n) is 4.14. The van der Waals surface area contributed by atoms with Gasteiger partial charge in [0.1, 0.15) is 0 Å². The Kier molecular flexibility index (Phi) is 1.41. The number of hydrogen-bond donors (Lipinski definition) is 0. The third-order valence-corrected chi connectivity index (χ3v) is 4.14. The van der Waals surface area contributed by atoms with Crippen LogP contribution in [0.1, 0.15) is 43.6 Å². The minimum Gasteiger partial charge on any atom is -0.316 e. The SMILES string of the molecule is c1cc2c(C3CCCCC3)cn3c2cc1-3. The van der Waals surface area contributed by atoms with Crippen molar-refractivity contribution >= 4 is 10.9 Å². The van der Waals surface area contributed by atoms with E-state index in [1.165, 1.54) is 48.7 Å². The Hall–Kier alpha value is -1.24. The highest BCUT2D eigenvalue weighted by Crippen LogP contribution is 2.41. The monoisotopic (exact) mass is 197 g/mol. The van der Waals surface area contributed by atoms with Crippen LogP contribution < -0.4 is 0 Å². The number of pyridine rings is 1. The van der Waals surface area contributed by atoms with E-state index in [0.29, 0.717) is 0 Å². The lowest BCUT2D eigenvalue weighted by atomic mass is 9.84. The van der Waals surface area contributed by atoms with E-state index in [0.717, 1.165) is 5.92 Å². The highest BCUT2D eigenvalue weighted by Gasteiger charge is 2.23. The van der Waals surface area contributed by atoms with Crippen LogP contribution >= 0.6 is 0 Å². The Morgan fingerprint density at radius 3 is 2.67 bits per heavy atom. The standard InChI is InChI=1S/C14H15N/c1-2-4-10(5-3-1)13-9-15-11-6-7-12(13)14(15)8-11/h6-10H,1-5H2. The van der Waals surface area contributed by atoms with Gasteiger partial charge in [0.15, 0.2) is 0 Å². The molecule has 2 aromatic rings. The Morgan fingerprint density at radius 2 is 1.93 bits per heavy atom. The van der Waals surface area contributed by atoms with E-state index in [2.05, 4.69) is 29.0 Å². The van der Waals surface area contributed by atoms with Gasteiger partial charge in [-0.15, -0.1) is 0 Å². The first-order chi connectivity index (χ1) is 7.43. The van der Waals surface area contributed by atoms with Crippen LogP contribution in [0, 0.1) is 0 Å². The molecule has 3 heterocycles. The van der Waals surface area contributed by atoms with Crippen LogP contribution in [0.2, 0.25) is 0 Å². The number of aromatic nitrogens is 1. The predicted octanol–water partition coefficient (Wildman–Crippen LogP) is 3.99. The smallest absolute Gasteiger partial charge is 0.0552 e. The highest BCUT2D eigenvalue weighted by atomic mass is 15.0. The molecule has 0 spiro atoms. The molecule has 1 aliphatic carbocycles. The number of benzene rings is 1. The van der Waals surface area contributed by atoms with Crippen molar-refractivity contribution in [2.75, 3.05) is 0 Å². The third kappa shape index (κ3) is 0.935. The molecule has 3 aliphatic rings. The molecule has 0 unspecified atom stereocenters. The summed E-state index contributed by atoms with van der Waals surface area (Å²) >= 11 is 0. The largest absolute Gasteiger partial charge is 0.316 e. The van der Waals surface area contributed by atoms with Gasteiger partial charge in [-0.3, -0.25) is 0 Å². The molecule has 1 nitrogen and oxygen atoms in total. The van der Waals surface area contributed by atoms with Crippen molar-refractivity contribution < 1.29 is 0 Å². The maximum Gasteiger partial charge on any atom is 0.0552 e. The van der Waals surface area contributed by atoms with Crippen molar-refractivity contribution in [3.8, 4) is 5.69 Å². The summed E-state index contributed by atoms with van der Waals surface area (Å²) in [5.41, 5.74) is 4.44. The van der Waals surface area contributed by atoms with Crippen LogP contribution in [0.5, 0.6) is 0 Å². The van der Waals surface area contributed by atoms with Crippen molar-refractivity contribution in [2.24, 2.45) is 0 Å². The number of fused-ring (bicyclic) bond motifs is 1. The van der Waals surface area contributed by atoms with E-state index in [1.54, 1.807) is 5.56 Å². The van der Waals surface area contributed by atoms with Gasteiger partial charge in [0.25, 0.3) is 0 Å². The fourth-order valence-electron chi connectivity index (χ4n) is 3.28. The van der Waals surface area contributed by atoms with Gasteiger partial charge in [-0.05, 0) is 36.5 Å². The van der Waals surface area contributed by atoms with E-state index in [1.807, 2.05) is 0 Å². The van der Waals surface area contributed by atoms with Crippen LogP contribution in [0.4, 0.5) is 0 Å². The maximum absolute atomic E-state index is 2.38. The zero-order valence-corrected chi connectivity index (χ0v) is 8.87. The van der Waals surface area contributed by atoms with Crippen LogP contribution in [-0.2, 0) is 0 Å². The summed E-state index contributed by atoms with van der Waals surface area (Å²) in [5.74, 6) is 0.837. The summed E-state index contributed by atoms with van der Waals surface area (Å²) < 4.78 is 2.36. The first-order valence-electron chi connectivity index (χ1n) is 6.09. The highest BCUT2D eigenvalue weighted by molar-refractivity contribution is 5.92. The molecule has 4 bridgehead atoms. The summed E-state index contributed by atoms with van der Waals surface area (Å²) in [5, 5.41) is 1.51. The Labute approximate surface area is 89.7 Å². The average Bonchev–Trinajstić information content (AvgIpc) is 2.48. The van der Waals surface area contributed by atoms with Crippen LogP contribution in [0.3, 0.4) is 0 Å². The molecule has 0 saturated heterocycles.